The van der Waals surface area contributed by atoms with Gasteiger partial charge in [-0.15, -0.1) is 0 Å². The Balaban J connectivity index is 1.26. The average molecular weight is 514 g/mol. The molecule has 2 fully saturated rings. The summed E-state index contributed by atoms with van der Waals surface area (Å²) in [6.07, 6.45) is 0.887. The Hall–Kier alpha value is -3.64. The Kier molecular flexibility index (Phi) is 5.80. The van der Waals surface area contributed by atoms with Crippen molar-refractivity contribution in [2.75, 3.05) is 18.5 Å². The molecule has 2 aliphatic rings. The van der Waals surface area contributed by atoms with Gasteiger partial charge in [-0.1, -0.05) is 0 Å². The van der Waals surface area contributed by atoms with Gasteiger partial charge in [0.1, 0.15) is 17.5 Å². The van der Waals surface area contributed by atoms with Crippen molar-refractivity contribution in [1.82, 2.24) is 29.7 Å². The highest BCUT2D eigenvalue weighted by Crippen LogP contribution is 2.34. The minimum Gasteiger partial charge on any atom is -0.488 e. The topological polar surface area (TPSA) is 90.5 Å². The molecule has 4 aromatic heterocycles. The molecule has 0 spiro atoms. The number of aromatic nitrogens is 5. The number of aryl methyl sites for hydroxylation is 2. The Labute approximate surface area is 210 Å². The van der Waals surface area contributed by atoms with E-state index in [9.17, 15) is 13.2 Å². The van der Waals surface area contributed by atoms with Crippen molar-refractivity contribution in [2.24, 2.45) is 7.05 Å². The second-order valence-electron chi connectivity index (χ2n) is 9.61. The number of hydrogen-bond donors (Lipinski definition) is 2. The quantitative estimate of drug-likeness (QED) is 0.415. The molecule has 2 saturated heterocycles. The second kappa shape index (κ2) is 9.03. The third kappa shape index (κ3) is 4.86. The number of alkyl halides is 3. The molecule has 12 heteroatoms. The van der Waals surface area contributed by atoms with Gasteiger partial charge in [0.05, 0.1) is 24.9 Å². The molecule has 9 nitrogen and oxygen atoms in total. The van der Waals surface area contributed by atoms with Crippen LogP contribution in [0.3, 0.4) is 0 Å². The molecule has 3 atom stereocenters. The molecule has 6 heterocycles. The van der Waals surface area contributed by atoms with E-state index >= 15 is 0 Å². The average Bonchev–Trinajstić information content (AvgIpc) is 3.41. The van der Waals surface area contributed by atoms with Gasteiger partial charge in [-0.2, -0.15) is 23.4 Å². The number of fused-ring (bicyclic) bond motifs is 3. The zero-order valence-electron chi connectivity index (χ0n) is 20.3. The maximum absolute atomic E-state index is 13.1. The number of nitrogens with zero attached hydrogens (tertiary/aromatic N) is 5. The third-order valence-electron chi connectivity index (χ3n) is 6.70. The van der Waals surface area contributed by atoms with Crippen LogP contribution in [0, 0.1) is 6.92 Å². The summed E-state index contributed by atoms with van der Waals surface area (Å²) in [5.74, 6) is 1.16. The molecule has 0 saturated carbocycles. The molecule has 6 rings (SSSR count). The van der Waals surface area contributed by atoms with Gasteiger partial charge < -0.3 is 20.1 Å². The van der Waals surface area contributed by atoms with Crippen molar-refractivity contribution in [1.29, 1.82) is 0 Å². The number of rotatable bonds is 5. The van der Waals surface area contributed by atoms with Gasteiger partial charge in [0, 0.05) is 61.6 Å². The van der Waals surface area contributed by atoms with E-state index in [4.69, 9.17) is 9.47 Å². The maximum atomic E-state index is 13.1. The SMILES string of the molecule is Cc1cc(-c2ccn3nc(Nc4cc(C(F)(F)F)n(C)n4)cc3c2)c(OC2C[C@H]3COC[C@@H](C2)N3)cn1. The summed E-state index contributed by atoms with van der Waals surface area (Å²) in [6, 6.07) is 9.19. The second-order valence-corrected chi connectivity index (χ2v) is 9.61. The summed E-state index contributed by atoms with van der Waals surface area (Å²) < 4.78 is 53.9. The fraction of sp³-hybridized carbons (Fsp3) is 0.400. The number of morpholine rings is 1. The maximum Gasteiger partial charge on any atom is 0.433 e. The van der Waals surface area contributed by atoms with Gasteiger partial charge in [0.15, 0.2) is 11.6 Å². The van der Waals surface area contributed by atoms with Gasteiger partial charge in [-0.05, 0) is 30.7 Å². The van der Waals surface area contributed by atoms with Crippen LogP contribution in [0.4, 0.5) is 24.8 Å². The highest BCUT2D eigenvalue weighted by molar-refractivity contribution is 5.75. The molecule has 2 N–H and O–H groups in total. The van der Waals surface area contributed by atoms with Crippen LogP contribution in [0.25, 0.3) is 16.6 Å². The molecule has 2 bridgehead atoms. The largest absolute Gasteiger partial charge is 0.488 e. The van der Waals surface area contributed by atoms with Crippen molar-refractivity contribution >= 4 is 17.2 Å². The van der Waals surface area contributed by atoms with E-state index in [-0.39, 0.29) is 11.9 Å². The molecular weight excluding hydrogens is 487 g/mol. The summed E-state index contributed by atoms with van der Waals surface area (Å²) in [4.78, 5) is 4.46. The summed E-state index contributed by atoms with van der Waals surface area (Å²) >= 11 is 0. The third-order valence-corrected chi connectivity index (χ3v) is 6.70. The molecule has 2 aliphatic heterocycles. The van der Waals surface area contributed by atoms with E-state index in [0.29, 0.717) is 36.9 Å². The van der Waals surface area contributed by atoms with Crippen LogP contribution in [0.2, 0.25) is 0 Å². The van der Waals surface area contributed by atoms with E-state index in [1.807, 2.05) is 25.1 Å². The monoisotopic (exact) mass is 513 g/mol. The van der Waals surface area contributed by atoms with Gasteiger partial charge in [0.25, 0.3) is 0 Å². The minimum atomic E-state index is -4.49. The number of piperidine rings is 1. The van der Waals surface area contributed by atoms with E-state index in [2.05, 4.69) is 25.8 Å². The molecule has 0 aliphatic carbocycles. The molecule has 0 radical (unpaired) electrons. The first-order chi connectivity index (χ1) is 17.7. The summed E-state index contributed by atoms with van der Waals surface area (Å²) in [6.45, 7) is 3.32. The normalized spacial score (nSPS) is 21.8. The Morgan fingerprint density at radius 3 is 2.57 bits per heavy atom. The fourth-order valence-electron chi connectivity index (χ4n) is 5.08. The predicted molar refractivity (Wildman–Crippen MR) is 130 cm³/mol. The van der Waals surface area contributed by atoms with Gasteiger partial charge in [-0.25, -0.2) is 4.52 Å². The summed E-state index contributed by atoms with van der Waals surface area (Å²) in [5, 5.41) is 14.8. The van der Waals surface area contributed by atoms with E-state index in [1.165, 1.54) is 7.05 Å². The first kappa shape index (κ1) is 23.7. The van der Waals surface area contributed by atoms with E-state index in [0.717, 1.165) is 45.9 Å². The minimum absolute atomic E-state index is 0.0658. The Bertz CT molecular complexity index is 1440. The molecule has 0 amide bonds. The van der Waals surface area contributed by atoms with E-state index in [1.54, 1.807) is 23.0 Å². The van der Waals surface area contributed by atoms with Gasteiger partial charge in [-0.3, -0.25) is 9.67 Å². The lowest BCUT2D eigenvalue weighted by Gasteiger charge is -2.40. The van der Waals surface area contributed by atoms with Crippen LogP contribution >= 0.6 is 0 Å². The van der Waals surface area contributed by atoms with Crippen LogP contribution in [0.1, 0.15) is 24.2 Å². The smallest absolute Gasteiger partial charge is 0.433 e. The number of pyridine rings is 2. The fourth-order valence-corrected chi connectivity index (χ4v) is 5.08. The first-order valence-electron chi connectivity index (χ1n) is 12.1. The van der Waals surface area contributed by atoms with Crippen molar-refractivity contribution < 1.29 is 22.6 Å². The number of ether oxygens (including phenoxy) is 2. The highest BCUT2D eigenvalue weighted by atomic mass is 19.4. The lowest BCUT2D eigenvalue weighted by Crippen LogP contribution is -2.56. The Morgan fingerprint density at radius 1 is 1.08 bits per heavy atom. The molecule has 0 aromatic carbocycles. The first-order valence-corrected chi connectivity index (χ1v) is 12.1. The van der Waals surface area contributed by atoms with Crippen molar-refractivity contribution in [3.8, 4) is 16.9 Å². The molecule has 4 aromatic rings. The number of anilines is 2. The van der Waals surface area contributed by atoms with Gasteiger partial charge in [0.2, 0.25) is 0 Å². The number of hydrogen-bond acceptors (Lipinski definition) is 7. The highest BCUT2D eigenvalue weighted by Gasteiger charge is 2.35. The van der Waals surface area contributed by atoms with Crippen LogP contribution in [0.15, 0.2) is 42.7 Å². The zero-order valence-corrected chi connectivity index (χ0v) is 20.3. The van der Waals surface area contributed by atoms with Crippen LogP contribution in [-0.2, 0) is 18.0 Å². The van der Waals surface area contributed by atoms with Crippen LogP contribution in [0.5, 0.6) is 5.75 Å². The van der Waals surface area contributed by atoms with Gasteiger partial charge >= 0.3 is 6.18 Å². The lowest BCUT2D eigenvalue weighted by atomic mass is 9.94. The summed E-state index contributed by atoms with van der Waals surface area (Å²) in [5.41, 5.74) is 2.64. The van der Waals surface area contributed by atoms with Crippen molar-refractivity contribution in [2.45, 2.75) is 44.1 Å². The standard InChI is InChI=1S/C25H26F3N7O2/c1-14-5-20(21(11-29-14)37-19-7-16-12-36-13-17(8-19)30-16)15-3-4-35-18(6-15)9-23(33-35)31-24-10-22(25(26,27)28)34(2)32-24/h3-6,9-11,16-17,19,30H,7-8,12-13H2,1-2H3,(H,31,32,33)/t16-,17+,19?. The number of nitrogens with one attached hydrogen (secondary N) is 2. The predicted octanol–water partition coefficient (Wildman–Crippen LogP) is 4.10. The molecule has 1 unspecified atom stereocenters. The van der Waals surface area contributed by atoms with Crippen molar-refractivity contribution in [3.05, 3.63) is 54.1 Å². The molecule has 37 heavy (non-hydrogen) atoms. The molecular formula is C25H26F3N7O2. The lowest BCUT2D eigenvalue weighted by molar-refractivity contribution is -0.143. The van der Waals surface area contributed by atoms with E-state index < -0.39 is 11.9 Å². The van der Waals surface area contributed by atoms with Crippen LogP contribution < -0.4 is 15.4 Å². The zero-order chi connectivity index (χ0) is 25.7. The summed E-state index contributed by atoms with van der Waals surface area (Å²) in [7, 11) is 1.25. The Morgan fingerprint density at radius 2 is 1.84 bits per heavy atom. The molecule has 194 valence electrons. The number of halogens is 3. The van der Waals surface area contributed by atoms with Crippen LogP contribution in [-0.4, -0.2) is 55.8 Å². The van der Waals surface area contributed by atoms with Crippen molar-refractivity contribution in [3.63, 3.8) is 0 Å².